The van der Waals surface area contributed by atoms with Crippen molar-refractivity contribution in [2.75, 3.05) is 13.2 Å². The fourth-order valence-corrected chi connectivity index (χ4v) is 4.49. The summed E-state index contributed by atoms with van der Waals surface area (Å²) in [6, 6.07) is 6.23. The van der Waals surface area contributed by atoms with Crippen LogP contribution in [-0.2, 0) is 10.0 Å². The van der Waals surface area contributed by atoms with Crippen molar-refractivity contribution >= 4 is 37.3 Å². The van der Waals surface area contributed by atoms with Gasteiger partial charge in [-0.2, -0.15) is 0 Å². The van der Waals surface area contributed by atoms with Gasteiger partial charge in [0.2, 0.25) is 10.0 Å². The highest BCUT2D eigenvalue weighted by atomic mass is 79.9. The maximum atomic E-state index is 12.9. The number of rotatable bonds is 6. The highest BCUT2D eigenvalue weighted by Crippen LogP contribution is 2.25. The van der Waals surface area contributed by atoms with Gasteiger partial charge in [-0.1, -0.05) is 0 Å². The van der Waals surface area contributed by atoms with Crippen LogP contribution in [0.3, 0.4) is 0 Å². The van der Waals surface area contributed by atoms with Gasteiger partial charge in [-0.15, -0.1) is 11.3 Å². The van der Waals surface area contributed by atoms with Gasteiger partial charge >= 0.3 is 0 Å². The molecule has 1 N–H and O–H groups in total. The zero-order chi connectivity index (χ0) is 15.5. The topological polar surface area (TPSA) is 55.4 Å². The normalized spacial score (nSPS) is 11.6. The van der Waals surface area contributed by atoms with Crippen LogP contribution in [0.2, 0.25) is 0 Å². The van der Waals surface area contributed by atoms with Crippen LogP contribution in [0, 0.1) is 11.6 Å². The quantitative estimate of drug-likeness (QED) is 0.761. The van der Waals surface area contributed by atoms with Crippen LogP contribution in [0.1, 0.15) is 0 Å². The van der Waals surface area contributed by atoms with Crippen molar-refractivity contribution in [3.63, 3.8) is 0 Å². The van der Waals surface area contributed by atoms with Crippen LogP contribution in [0.15, 0.2) is 38.3 Å². The number of sulfonamides is 1. The number of nitrogens with one attached hydrogen (secondary N) is 1. The fourth-order valence-electron chi connectivity index (χ4n) is 1.42. The van der Waals surface area contributed by atoms with Gasteiger partial charge in [-0.3, -0.25) is 0 Å². The number of benzene rings is 1. The van der Waals surface area contributed by atoms with Gasteiger partial charge in [-0.05, 0) is 40.2 Å². The Labute approximate surface area is 132 Å². The van der Waals surface area contributed by atoms with Gasteiger partial charge in [0.1, 0.15) is 16.6 Å². The molecule has 114 valence electrons. The van der Waals surface area contributed by atoms with E-state index in [4.69, 9.17) is 4.74 Å². The molecule has 0 aliphatic heterocycles. The van der Waals surface area contributed by atoms with Crippen LogP contribution >= 0.6 is 27.3 Å². The number of halogens is 3. The smallest absolute Gasteiger partial charge is 0.250 e. The van der Waals surface area contributed by atoms with E-state index >= 15 is 0 Å². The van der Waals surface area contributed by atoms with E-state index in [1.807, 2.05) is 0 Å². The minimum absolute atomic E-state index is 0.00313. The highest BCUT2D eigenvalue weighted by molar-refractivity contribution is 9.11. The summed E-state index contributed by atoms with van der Waals surface area (Å²) >= 11 is 4.27. The predicted molar refractivity (Wildman–Crippen MR) is 79.1 cm³/mol. The van der Waals surface area contributed by atoms with E-state index in [1.54, 1.807) is 6.07 Å². The van der Waals surface area contributed by atoms with Gasteiger partial charge in [-0.25, -0.2) is 21.9 Å². The largest absolute Gasteiger partial charge is 0.492 e. The van der Waals surface area contributed by atoms with E-state index in [2.05, 4.69) is 20.7 Å². The maximum Gasteiger partial charge on any atom is 0.250 e. The molecule has 21 heavy (non-hydrogen) atoms. The SMILES string of the molecule is O=S(=O)(NCCOc1ccc(F)c(F)c1)c1ccc(Br)s1. The van der Waals surface area contributed by atoms with E-state index in [0.29, 0.717) is 3.79 Å². The lowest BCUT2D eigenvalue weighted by Crippen LogP contribution is -2.27. The first-order valence-corrected chi connectivity index (χ1v) is 8.80. The molecule has 0 atom stereocenters. The van der Waals surface area contributed by atoms with Crippen molar-refractivity contribution in [1.29, 1.82) is 0 Å². The third-order valence-electron chi connectivity index (χ3n) is 2.37. The second kappa shape index (κ2) is 6.82. The van der Waals surface area contributed by atoms with Crippen LogP contribution < -0.4 is 9.46 Å². The summed E-state index contributed by atoms with van der Waals surface area (Å²) in [4.78, 5) is 0. The summed E-state index contributed by atoms with van der Waals surface area (Å²) in [7, 11) is -3.58. The highest BCUT2D eigenvalue weighted by Gasteiger charge is 2.15. The van der Waals surface area contributed by atoms with Gasteiger partial charge in [0.25, 0.3) is 0 Å². The van der Waals surface area contributed by atoms with Gasteiger partial charge in [0.15, 0.2) is 11.6 Å². The van der Waals surface area contributed by atoms with Gasteiger partial charge in [0.05, 0.1) is 3.79 Å². The summed E-state index contributed by atoms with van der Waals surface area (Å²) in [5, 5.41) is 0. The van der Waals surface area contributed by atoms with Gasteiger partial charge < -0.3 is 4.74 Å². The third-order valence-corrected chi connectivity index (χ3v) is 5.94. The Kier molecular flexibility index (Phi) is 5.31. The monoisotopic (exact) mass is 397 g/mol. The van der Waals surface area contributed by atoms with Crippen LogP contribution in [0.5, 0.6) is 5.75 Å². The average molecular weight is 398 g/mol. The molecule has 0 amide bonds. The van der Waals surface area contributed by atoms with E-state index in [0.717, 1.165) is 23.5 Å². The minimum atomic E-state index is -3.58. The zero-order valence-electron chi connectivity index (χ0n) is 10.5. The van der Waals surface area contributed by atoms with E-state index in [1.165, 1.54) is 12.1 Å². The van der Waals surface area contributed by atoms with Crippen LogP contribution in [-0.4, -0.2) is 21.6 Å². The number of hydrogen-bond acceptors (Lipinski definition) is 4. The first-order valence-electron chi connectivity index (χ1n) is 5.71. The van der Waals surface area contributed by atoms with Crippen molar-refractivity contribution in [2.45, 2.75) is 4.21 Å². The molecule has 0 aliphatic carbocycles. The Balaban J connectivity index is 1.85. The summed E-state index contributed by atoms with van der Waals surface area (Å²) in [6.45, 7) is 0.00763. The standard InChI is InChI=1S/C12H10BrF2NO3S2/c13-11-3-4-12(20-11)21(17,18)16-5-6-19-8-1-2-9(14)10(15)7-8/h1-4,7,16H,5-6H2. The summed E-state index contributed by atoms with van der Waals surface area (Å²) in [5.41, 5.74) is 0. The molecule has 0 unspecified atom stereocenters. The first-order chi connectivity index (χ1) is 9.88. The van der Waals surface area contributed by atoms with Crippen molar-refractivity contribution in [3.8, 4) is 5.75 Å². The molecule has 0 spiro atoms. The van der Waals surface area contributed by atoms with Crippen molar-refractivity contribution in [2.24, 2.45) is 0 Å². The van der Waals surface area contributed by atoms with Crippen LogP contribution in [0.4, 0.5) is 8.78 Å². The molecule has 0 bridgehead atoms. The molecule has 1 heterocycles. The second-order valence-electron chi connectivity index (χ2n) is 3.88. The summed E-state index contributed by atoms with van der Waals surface area (Å²) < 4.78 is 57.8. The minimum Gasteiger partial charge on any atom is -0.492 e. The first kappa shape index (κ1) is 16.3. The maximum absolute atomic E-state index is 12.9. The summed E-state index contributed by atoms with van der Waals surface area (Å²) in [6.07, 6.45) is 0. The molecule has 0 radical (unpaired) electrons. The van der Waals surface area contributed by atoms with E-state index < -0.39 is 21.7 Å². The Morgan fingerprint density at radius 2 is 1.95 bits per heavy atom. The Morgan fingerprint density at radius 1 is 1.19 bits per heavy atom. The lowest BCUT2D eigenvalue weighted by molar-refractivity contribution is 0.319. The molecule has 0 saturated carbocycles. The second-order valence-corrected chi connectivity index (χ2v) is 8.34. The molecule has 1 aromatic heterocycles. The molecule has 1 aromatic carbocycles. The lowest BCUT2D eigenvalue weighted by Gasteiger charge is -2.07. The lowest BCUT2D eigenvalue weighted by atomic mass is 10.3. The van der Waals surface area contributed by atoms with Gasteiger partial charge in [0, 0.05) is 12.6 Å². The van der Waals surface area contributed by atoms with E-state index in [-0.39, 0.29) is 23.1 Å². The molecule has 0 aliphatic rings. The molecule has 9 heteroatoms. The molecule has 0 saturated heterocycles. The van der Waals surface area contributed by atoms with Crippen molar-refractivity contribution in [1.82, 2.24) is 4.72 Å². The molecular formula is C12H10BrF2NO3S2. The average Bonchev–Trinajstić information content (AvgIpc) is 2.86. The number of thiophene rings is 1. The molecular weight excluding hydrogens is 388 g/mol. The molecule has 4 nitrogen and oxygen atoms in total. The Morgan fingerprint density at radius 3 is 2.57 bits per heavy atom. The fraction of sp³-hybridized carbons (Fsp3) is 0.167. The number of hydrogen-bond donors (Lipinski definition) is 1. The molecule has 0 fully saturated rings. The van der Waals surface area contributed by atoms with Crippen molar-refractivity contribution in [3.05, 3.63) is 45.8 Å². The Hall–Kier alpha value is -1.03. The summed E-state index contributed by atoms with van der Waals surface area (Å²) in [5.74, 6) is -1.85. The van der Waals surface area contributed by atoms with Crippen molar-refractivity contribution < 1.29 is 21.9 Å². The Bertz CT molecular complexity index is 734. The van der Waals surface area contributed by atoms with E-state index in [9.17, 15) is 17.2 Å². The zero-order valence-corrected chi connectivity index (χ0v) is 13.7. The van der Waals surface area contributed by atoms with Crippen LogP contribution in [0.25, 0.3) is 0 Å². The predicted octanol–water partition coefficient (Wildman–Crippen LogP) is 3.15. The third kappa shape index (κ3) is 4.47. The molecule has 2 aromatic rings. The number of ether oxygens (including phenoxy) is 1. The molecule has 2 rings (SSSR count).